The normalized spacial score (nSPS) is 15.3. The van der Waals surface area contributed by atoms with Crippen LogP contribution < -0.4 is 14.2 Å². The Morgan fingerprint density at radius 2 is 1.14 bits per heavy atom. The maximum Gasteiger partial charge on any atom is 0.135 e. The molecule has 266 valence electrons. The van der Waals surface area contributed by atoms with Gasteiger partial charge in [0.1, 0.15) is 17.2 Å². The van der Waals surface area contributed by atoms with Crippen molar-refractivity contribution < 1.29 is 23.7 Å². The van der Waals surface area contributed by atoms with Crippen LogP contribution in [0.1, 0.15) is 111 Å². The first-order chi connectivity index (χ1) is 24.4. The molecule has 3 aromatic carbocycles. The number of unbranched alkanes of at least 4 members (excludes halogenated alkanes) is 5. The molecule has 0 saturated carbocycles. The summed E-state index contributed by atoms with van der Waals surface area (Å²) in [5.41, 5.74) is 11.4. The van der Waals surface area contributed by atoms with Crippen LogP contribution in [0.4, 0.5) is 0 Å². The van der Waals surface area contributed by atoms with Crippen LogP contribution in [0.5, 0.6) is 17.2 Å². The number of hydrogen-bond acceptors (Lipinski definition) is 6. The van der Waals surface area contributed by atoms with Gasteiger partial charge in [-0.2, -0.15) is 0 Å². The lowest BCUT2D eigenvalue weighted by molar-refractivity contribution is 0.0961. The molecule has 4 aromatic rings. The molecule has 6 heteroatoms. The van der Waals surface area contributed by atoms with Gasteiger partial charge in [-0.05, 0) is 106 Å². The van der Waals surface area contributed by atoms with Crippen molar-refractivity contribution in [3.63, 3.8) is 0 Å². The zero-order valence-corrected chi connectivity index (χ0v) is 30.9. The van der Waals surface area contributed by atoms with E-state index in [1.807, 2.05) is 18.2 Å². The van der Waals surface area contributed by atoms with E-state index in [-0.39, 0.29) is 6.10 Å². The van der Waals surface area contributed by atoms with Crippen LogP contribution in [0.15, 0.2) is 54.6 Å². The Kier molecular flexibility index (Phi) is 12.5. The summed E-state index contributed by atoms with van der Waals surface area (Å²) in [4.78, 5) is 4.84. The monoisotopic (exact) mass is 677 g/mol. The van der Waals surface area contributed by atoms with Crippen molar-refractivity contribution in [1.29, 1.82) is 0 Å². The number of benzene rings is 3. The minimum Gasteiger partial charge on any atom is -0.493 e. The third-order valence-corrected chi connectivity index (χ3v) is 9.63. The lowest BCUT2D eigenvalue weighted by atomic mass is 9.90. The van der Waals surface area contributed by atoms with Crippen molar-refractivity contribution in [3.8, 4) is 39.5 Å². The minimum atomic E-state index is 0.0328. The maximum absolute atomic E-state index is 7.14. The molecule has 0 fully saturated rings. The van der Waals surface area contributed by atoms with E-state index < -0.39 is 0 Å². The first-order valence-electron chi connectivity index (χ1n) is 18.8. The Bertz CT molecular complexity index is 1640. The number of pyridine rings is 1. The van der Waals surface area contributed by atoms with Gasteiger partial charge in [-0.15, -0.1) is 0 Å². The third kappa shape index (κ3) is 9.07. The summed E-state index contributed by atoms with van der Waals surface area (Å²) in [5, 5.41) is 0. The molecule has 6 nitrogen and oxygen atoms in total. The molecule has 0 radical (unpaired) electrons. The van der Waals surface area contributed by atoms with Crippen molar-refractivity contribution in [2.24, 2.45) is 0 Å². The summed E-state index contributed by atoms with van der Waals surface area (Å²) in [6.45, 7) is 13.7. The third-order valence-electron chi connectivity index (χ3n) is 9.63. The van der Waals surface area contributed by atoms with E-state index in [0.717, 1.165) is 104 Å². The van der Waals surface area contributed by atoms with Gasteiger partial charge in [0, 0.05) is 33.4 Å². The Morgan fingerprint density at radius 3 is 1.70 bits per heavy atom. The van der Waals surface area contributed by atoms with Crippen molar-refractivity contribution in [2.45, 2.75) is 125 Å². The minimum absolute atomic E-state index is 0.0328. The fraction of sp³-hybridized carbons (Fsp3) is 0.477. The van der Waals surface area contributed by atoms with E-state index in [2.05, 4.69) is 71.0 Å². The number of hydrogen-bond donors (Lipinski definition) is 0. The van der Waals surface area contributed by atoms with Crippen LogP contribution in [0.25, 0.3) is 22.3 Å². The molecular weight excluding hydrogens is 622 g/mol. The van der Waals surface area contributed by atoms with Crippen molar-refractivity contribution in [2.75, 3.05) is 13.2 Å². The van der Waals surface area contributed by atoms with E-state index in [9.17, 15) is 0 Å². The van der Waals surface area contributed by atoms with Gasteiger partial charge >= 0.3 is 0 Å². The first-order valence-corrected chi connectivity index (χ1v) is 18.8. The number of aromatic nitrogens is 1. The fourth-order valence-electron chi connectivity index (χ4n) is 7.20. The smallest absolute Gasteiger partial charge is 0.135 e. The van der Waals surface area contributed by atoms with Gasteiger partial charge in [0.15, 0.2) is 0 Å². The second-order valence-electron chi connectivity index (χ2n) is 14.3. The number of aryl methyl sites for hydroxylation is 3. The molecule has 1 aromatic heterocycles. The largest absolute Gasteiger partial charge is 0.493 e. The quantitative estimate of drug-likeness (QED) is 0.164. The highest BCUT2D eigenvalue weighted by molar-refractivity contribution is 5.89. The molecule has 0 spiro atoms. The van der Waals surface area contributed by atoms with E-state index in [0.29, 0.717) is 39.6 Å². The highest BCUT2D eigenvalue weighted by atomic mass is 16.5. The summed E-state index contributed by atoms with van der Waals surface area (Å²) in [6, 6.07) is 19.4. The molecule has 50 heavy (non-hydrogen) atoms. The summed E-state index contributed by atoms with van der Waals surface area (Å²) in [7, 11) is 0. The van der Waals surface area contributed by atoms with Crippen LogP contribution >= 0.6 is 0 Å². The second kappa shape index (κ2) is 17.4. The maximum atomic E-state index is 7.14. The van der Waals surface area contributed by atoms with Crippen LogP contribution in [0.3, 0.4) is 0 Å². The highest BCUT2D eigenvalue weighted by Crippen LogP contribution is 2.49. The van der Waals surface area contributed by atoms with Gasteiger partial charge in [0.25, 0.3) is 0 Å². The van der Waals surface area contributed by atoms with E-state index in [1.54, 1.807) is 0 Å². The molecule has 1 unspecified atom stereocenters. The number of rotatable bonds is 9. The molecule has 0 N–H and O–H groups in total. The predicted octanol–water partition coefficient (Wildman–Crippen LogP) is 11.2. The van der Waals surface area contributed by atoms with Gasteiger partial charge in [-0.3, -0.25) is 4.98 Å². The van der Waals surface area contributed by atoms with Crippen molar-refractivity contribution >= 4 is 0 Å². The van der Waals surface area contributed by atoms with Crippen LogP contribution in [-0.4, -0.2) is 24.3 Å². The summed E-state index contributed by atoms with van der Waals surface area (Å²) >= 11 is 0. The molecule has 6 rings (SSSR count). The average molecular weight is 678 g/mol. The highest BCUT2D eigenvalue weighted by Gasteiger charge is 2.25. The van der Waals surface area contributed by atoms with Crippen LogP contribution in [0.2, 0.25) is 0 Å². The molecule has 2 aliphatic heterocycles. The zero-order valence-electron chi connectivity index (χ0n) is 30.9. The van der Waals surface area contributed by atoms with E-state index in [1.165, 1.54) is 32.1 Å². The van der Waals surface area contributed by atoms with Crippen molar-refractivity contribution in [3.05, 3.63) is 93.8 Å². The van der Waals surface area contributed by atoms with Gasteiger partial charge in [0.2, 0.25) is 0 Å². The topological polar surface area (TPSA) is 59.0 Å². The molecule has 10 bridgehead atoms. The lowest BCUT2D eigenvalue weighted by Crippen LogP contribution is -2.14. The Morgan fingerprint density at radius 1 is 0.640 bits per heavy atom. The molecule has 3 heterocycles. The van der Waals surface area contributed by atoms with Gasteiger partial charge in [0.05, 0.1) is 57.1 Å². The number of fused-ring (bicyclic) bond motifs is 2. The SMILES string of the molecule is CCCCCCCCC(C)Oc1c2cc(C)cc1-c1cc(C)cc3c1OCCCCOc1c(cc(C)cc1-2)COCc1cccc(n1)COC3. The van der Waals surface area contributed by atoms with Gasteiger partial charge in [-0.1, -0.05) is 57.2 Å². The molecule has 2 aliphatic rings. The van der Waals surface area contributed by atoms with E-state index >= 15 is 0 Å². The molecule has 0 saturated heterocycles. The zero-order chi connectivity index (χ0) is 34.9. The summed E-state index contributed by atoms with van der Waals surface area (Å²) in [6.07, 6.45) is 10.3. The molecule has 0 amide bonds. The van der Waals surface area contributed by atoms with Crippen LogP contribution in [0, 0.1) is 20.8 Å². The molecule has 1 atom stereocenters. The van der Waals surface area contributed by atoms with Crippen molar-refractivity contribution in [1.82, 2.24) is 4.98 Å². The average Bonchev–Trinajstić information content (AvgIpc) is 3.09. The standard InChI is InChI=1S/C44H55NO5/c1-6-7-8-9-10-11-15-33(5)50-44-40-24-32(4)25-41(44)39-23-31(3)21-35-27-47-29-37-17-14-16-36(45-37)28-46-26-34-20-30(2)22-38(40)42(34)48-18-12-13-19-49-43(35)39/h14,16-17,20-25,33H,6-13,15,18-19,26-29H2,1-5H3. The second-order valence-corrected chi connectivity index (χ2v) is 14.3. The van der Waals surface area contributed by atoms with Crippen LogP contribution in [-0.2, 0) is 35.9 Å². The van der Waals surface area contributed by atoms with E-state index in [4.69, 9.17) is 28.7 Å². The fourth-order valence-corrected chi connectivity index (χ4v) is 7.20. The predicted molar refractivity (Wildman–Crippen MR) is 201 cm³/mol. The Hall–Kier alpha value is -3.87. The summed E-state index contributed by atoms with van der Waals surface area (Å²) in [5.74, 6) is 2.60. The summed E-state index contributed by atoms with van der Waals surface area (Å²) < 4.78 is 33.3. The molecular formula is C44H55NO5. The lowest BCUT2D eigenvalue weighted by Gasteiger charge is -2.25. The number of ether oxygens (including phenoxy) is 5. The Balaban J connectivity index is 1.54. The number of nitrogens with zero attached hydrogens (tertiary/aromatic N) is 1. The van der Waals surface area contributed by atoms with Gasteiger partial charge < -0.3 is 23.7 Å². The van der Waals surface area contributed by atoms with Gasteiger partial charge in [-0.25, -0.2) is 0 Å². The molecule has 0 aliphatic carbocycles. The first kappa shape index (κ1) is 35.9. The Labute approximate surface area is 299 Å².